The highest BCUT2D eigenvalue weighted by Crippen LogP contribution is 2.28. The van der Waals surface area contributed by atoms with E-state index in [1.54, 1.807) is 0 Å². The molecule has 2 fully saturated rings. The van der Waals surface area contributed by atoms with E-state index < -0.39 is 0 Å². The summed E-state index contributed by atoms with van der Waals surface area (Å²) in [5, 5.41) is 0. The minimum absolute atomic E-state index is 0.793. The Bertz CT molecular complexity index is 175. The van der Waals surface area contributed by atoms with E-state index in [1.165, 1.54) is 44.4 Å². The van der Waals surface area contributed by atoms with Gasteiger partial charge in [-0.2, -0.15) is 0 Å². The number of hydrogen-bond acceptors (Lipinski definition) is 2. The van der Waals surface area contributed by atoms with Crippen molar-refractivity contribution in [3.05, 3.63) is 0 Å². The van der Waals surface area contributed by atoms with Crippen LogP contribution in [0.4, 0.5) is 0 Å². The van der Waals surface area contributed by atoms with Crippen molar-refractivity contribution in [2.75, 3.05) is 12.3 Å². The molecule has 3 heteroatoms. The Hall–Kier alpha value is 0.240. The van der Waals surface area contributed by atoms with Crippen LogP contribution in [-0.4, -0.2) is 27.6 Å². The molecular formula is C9H15NS2. The van der Waals surface area contributed by atoms with E-state index in [0.29, 0.717) is 0 Å². The van der Waals surface area contributed by atoms with Gasteiger partial charge in [0.05, 0.1) is 0 Å². The zero-order valence-corrected chi connectivity index (χ0v) is 8.92. The van der Waals surface area contributed by atoms with E-state index in [4.69, 9.17) is 12.2 Å². The van der Waals surface area contributed by atoms with Crippen LogP contribution < -0.4 is 0 Å². The predicted molar refractivity (Wildman–Crippen MR) is 58.6 cm³/mol. The van der Waals surface area contributed by atoms with Gasteiger partial charge in [-0.3, -0.25) is 0 Å². The van der Waals surface area contributed by atoms with E-state index >= 15 is 0 Å². The fraction of sp³-hybridized carbons (Fsp3) is 0.889. The molecule has 0 radical (unpaired) electrons. The van der Waals surface area contributed by atoms with E-state index in [1.807, 2.05) is 11.8 Å². The highest BCUT2D eigenvalue weighted by Gasteiger charge is 2.26. The Balaban J connectivity index is 1.93. The number of rotatable bonds is 1. The molecule has 0 amide bonds. The first-order valence-corrected chi connectivity index (χ1v) is 6.21. The molecule has 0 bridgehead atoms. The van der Waals surface area contributed by atoms with Gasteiger partial charge in [0.15, 0.2) is 0 Å². The molecule has 0 N–H and O–H groups in total. The molecule has 0 aromatic heterocycles. The third-order valence-electron chi connectivity index (χ3n) is 2.81. The predicted octanol–water partition coefficient (Wildman–Crippen LogP) is 2.65. The van der Waals surface area contributed by atoms with E-state index in [9.17, 15) is 0 Å². The second kappa shape index (κ2) is 3.97. The van der Waals surface area contributed by atoms with Crippen LogP contribution in [0, 0.1) is 0 Å². The van der Waals surface area contributed by atoms with Gasteiger partial charge in [-0.25, -0.2) is 0 Å². The first-order valence-electron chi connectivity index (χ1n) is 4.81. The highest BCUT2D eigenvalue weighted by atomic mass is 32.2. The highest BCUT2D eigenvalue weighted by molar-refractivity contribution is 8.23. The molecule has 2 rings (SSSR count). The molecule has 12 heavy (non-hydrogen) atoms. The third kappa shape index (κ3) is 1.77. The molecule has 2 aliphatic rings. The second-order valence-electron chi connectivity index (χ2n) is 3.60. The van der Waals surface area contributed by atoms with Crippen LogP contribution in [0.3, 0.4) is 0 Å². The topological polar surface area (TPSA) is 3.24 Å². The first kappa shape index (κ1) is 8.82. The summed E-state index contributed by atoms with van der Waals surface area (Å²) in [6.07, 6.45) is 7.01. The molecule has 0 atom stereocenters. The van der Waals surface area contributed by atoms with E-state index in [0.717, 1.165) is 10.4 Å². The molecule has 1 saturated carbocycles. The van der Waals surface area contributed by atoms with Crippen molar-refractivity contribution in [1.29, 1.82) is 0 Å². The fourth-order valence-corrected chi connectivity index (χ4v) is 3.49. The van der Waals surface area contributed by atoms with Crippen LogP contribution >= 0.6 is 24.0 Å². The minimum Gasteiger partial charge on any atom is -0.354 e. The lowest BCUT2D eigenvalue weighted by molar-refractivity contribution is 0.264. The second-order valence-corrected chi connectivity index (χ2v) is 5.33. The summed E-state index contributed by atoms with van der Waals surface area (Å²) in [6.45, 7) is 1.20. The summed E-state index contributed by atoms with van der Waals surface area (Å²) in [4.78, 5) is 2.46. The Labute approximate surface area is 83.9 Å². The SMILES string of the molecule is S=C1SCCN1C1CCCCC1. The maximum Gasteiger partial charge on any atom is 0.136 e. The van der Waals surface area contributed by atoms with Crippen LogP contribution in [0.25, 0.3) is 0 Å². The lowest BCUT2D eigenvalue weighted by atomic mass is 9.94. The minimum atomic E-state index is 0.793. The molecule has 68 valence electrons. The van der Waals surface area contributed by atoms with Crippen molar-refractivity contribution in [1.82, 2.24) is 4.90 Å². The van der Waals surface area contributed by atoms with Crippen LogP contribution in [-0.2, 0) is 0 Å². The van der Waals surface area contributed by atoms with Gasteiger partial charge in [0.25, 0.3) is 0 Å². The molecule has 0 aromatic carbocycles. The molecule has 1 aliphatic carbocycles. The quantitative estimate of drug-likeness (QED) is 0.600. The van der Waals surface area contributed by atoms with Gasteiger partial charge < -0.3 is 4.90 Å². The summed E-state index contributed by atoms with van der Waals surface area (Å²) < 4.78 is 1.15. The zero-order chi connectivity index (χ0) is 8.39. The summed E-state index contributed by atoms with van der Waals surface area (Å²) in [7, 11) is 0. The van der Waals surface area contributed by atoms with Gasteiger partial charge in [0.2, 0.25) is 0 Å². The lowest BCUT2D eigenvalue weighted by Gasteiger charge is -2.31. The zero-order valence-electron chi connectivity index (χ0n) is 7.29. The van der Waals surface area contributed by atoms with Gasteiger partial charge in [0.1, 0.15) is 4.32 Å². The lowest BCUT2D eigenvalue weighted by Crippen LogP contribution is -2.36. The van der Waals surface area contributed by atoms with Crippen molar-refractivity contribution in [3.63, 3.8) is 0 Å². The number of thiocarbonyl (C=S) groups is 1. The number of thioether (sulfide) groups is 1. The molecule has 1 aliphatic heterocycles. The Kier molecular flexibility index (Phi) is 2.92. The van der Waals surface area contributed by atoms with Gasteiger partial charge in [-0.05, 0) is 12.8 Å². The summed E-state index contributed by atoms with van der Waals surface area (Å²) in [5.74, 6) is 1.22. The van der Waals surface area contributed by atoms with Gasteiger partial charge in [-0.15, -0.1) is 0 Å². The number of hydrogen-bond donors (Lipinski definition) is 0. The van der Waals surface area contributed by atoms with E-state index in [2.05, 4.69) is 4.90 Å². The van der Waals surface area contributed by atoms with Crippen molar-refractivity contribution in [2.24, 2.45) is 0 Å². The van der Waals surface area contributed by atoms with Crippen LogP contribution in [0.5, 0.6) is 0 Å². The average molecular weight is 201 g/mol. The smallest absolute Gasteiger partial charge is 0.136 e. The molecule has 0 unspecified atom stereocenters. The van der Waals surface area contributed by atoms with Crippen molar-refractivity contribution in [3.8, 4) is 0 Å². The summed E-state index contributed by atoms with van der Waals surface area (Å²) >= 11 is 7.17. The van der Waals surface area contributed by atoms with Crippen LogP contribution in [0.2, 0.25) is 0 Å². The van der Waals surface area contributed by atoms with Crippen molar-refractivity contribution in [2.45, 2.75) is 38.1 Å². The standard InChI is InChI=1S/C9H15NS2/c11-9-10(6-7-12-9)8-4-2-1-3-5-8/h8H,1-7H2. The van der Waals surface area contributed by atoms with Crippen LogP contribution in [0.1, 0.15) is 32.1 Å². The molecule has 0 spiro atoms. The summed E-state index contributed by atoms with van der Waals surface area (Å²) in [6, 6.07) is 0.793. The molecule has 1 saturated heterocycles. The third-order valence-corrected chi connectivity index (χ3v) is 4.26. The largest absolute Gasteiger partial charge is 0.354 e. The van der Waals surface area contributed by atoms with Gasteiger partial charge >= 0.3 is 0 Å². The first-order chi connectivity index (χ1) is 5.88. The van der Waals surface area contributed by atoms with Crippen molar-refractivity contribution < 1.29 is 0 Å². The summed E-state index contributed by atoms with van der Waals surface area (Å²) in [5.41, 5.74) is 0. The van der Waals surface area contributed by atoms with Gasteiger partial charge in [-0.1, -0.05) is 43.2 Å². The molecule has 0 aromatic rings. The molecule has 1 heterocycles. The normalized spacial score (nSPS) is 26.7. The monoisotopic (exact) mass is 201 g/mol. The van der Waals surface area contributed by atoms with Crippen LogP contribution in [0.15, 0.2) is 0 Å². The van der Waals surface area contributed by atoms with Gasteiger partial charge in [0, 0.05) is 18.3 Å². The maximum absolute atomic E-state index is 5.31. The Morgan fingerprint density at radius 2 is 2.00 bits per heavy atom. The maximum atomic E-state index is 5.31. The molecular weight excluding hydrogens is 186 g/mol. The van der Waals surface area contributed by atoms with E-state index in [-0.39, 0.29) is 0 Å². The number of nitrogens with zero attached hydrogens (tertiary/aromatic N) is 1. The van der Waals surface area contributed by atoms with Crippen molar-refractivity contribution >= 4 is 28.3 Å². The average Bonchev–Trinajstić information content (AvgIpc) is 2.53. The Morgan fingerprint density at radius 1 is 1.25 bits per heavy atom. The molecule has 1 nitrogen and oxygen atoms in total. The Morgan fingerprint density at radius 3 is 2.58 bits per heavy atom. The fourth-order valence-electron chi connectivity index (χ4n) is 2.13.